The summed E-state index contributed by atoms with van der Waals surface area (Å²) in [7, 11) is 1.90. The van der Waals surface area contributed by atoms with Crippen molar-refractivity contribution in [3.63, 3.8) is 0 Å². The highest BCUT2D eigenvalue weighted by atomic mass is 15.0. The average Bonchev–Trinajstić information content (AvgIpc) is 2.04. The maximum absolute atomic E-state index is 4.26. The summed E-state index contributed by atoms with van der Waals surface area (Å²) >= 11 is 0. The minimum atomic E-state index is 0.998. The second kappa shape index (κ2) is 3.37. The summed E-state index contributed by atoms with van der Waals surface area (Å²) in [6.07, 6.45) is 2.91. The fourth-order valence-electron chi connectivity index (χ4n) is 1.12. The normalized spacial score (nSPS) is 9.73. The largest absolute Gasteiger partial charge is 0.373 e. The Labute approximate surface area is 67.7 Å². The van der Waals surface area contributed by atoms with Gasteiger partial charge in [-0.3, -0.25) is 0 Å². The van der Waals surface area contributed by atoms with Gasteiger partial charge in [-0.1, -0.05) is 13.0 Å². The molecule has 0 atom stereocenters. The minimum Gasteiger partial charge on any atom is -0.373 e. The van der Waals surface area contributed by atoms with E-state index in [0.717, 1.165) is 12.2 Å². The predicted molar refractivity (Wildman–Crippen MR) is 47.9 cm³/mol. The number of nitrogens with zero attached hydrogens (tertiary/aromatic N) is 1. The van der Waals surface area contributed by atoms with Gasteiger partial charge in [0, 0.05) is 13.2 Å². The molecule has 1 aromatic heterocycles. The van der Waals surface area contributed by atoms with Crippen LogP contribution in [0.2, 0.25) is 0 Å². The molecule has 0 spiro atoms. The van der Waals surface area contributed by atoms with Gasteiger partial charge in [0.25, 0.3) is 0 Å². The lowest BCUT2D eigenvalue weighted by molar-refractivity contribution is 1.09. The van der Waals surface area contributed by atoms with Gasteiger partial charge in [0.15, 0.2) is 0 Å². The molecule has 0 bridgehead atoms. The fourth-order valence-corrected chi connectivity index (χ4v) is 1.12. The third-order valence-electron chi connectivity index (χ3n) is 1.72. The fraction of sp³-hybridized carbons (Fsp3) is 0.444. The summed E-state index contributed by atoms with van der Waals surface area (Å²) < 4.78 is 0. The number of rotatable bonds is 2. The van der Waals surface area contributed by atoms with Crippen molar-refractivity contribution in [1.29, 1.82) is 0 Å². The quantitative estimate of drug-likeness (QED) is 0.697. The highest BCUT2D eigenvalue weighted by molar-refractivity contribution is 5.44. The van der Waals surface area contributed by atoms with E-state index in [-0.39, 0.29) is 0 Å². The molecule has 0 unspecified atom stereocenters. The van der Waals surface area contributed by atoms with E-state index in [0.29, 0.717) is 0 Å². The Hall–Kier alpha value is -1.05. The molecule has 0 saturated carbocycles. The molecular weight excluding hydrogens is 136 g/mol. The van der Waals surface area contributed by atoms with E-state index in [9.17, 15) is 0 Å². The van der Waals surface area contributed by atoms with Crippen LogP contribution in [0.15, 0.2) is 12.3 Å². The summed E-state index contributed by atoms with van der Waals surface area (Å²) in [5, 5.41) is 3.06. The second-order valence-electron chi connectivity index (χ2n) is 2.62. The van der Waals surface area contributed by atoms with Gasteiger partial charge in [-0.05, 0) is 24.5 Å². The number of pyridine rings is 1. The Morgan fingerprint density at radius 1 is 1.55 bits per heavy atom. The molecule has 2 nitrogen and oxygen atoms in total. The van der Waals surface area contributed by atoms with Crippen LogP contribution in [0.3, 0.4) is 0 Å². The second-order valence-corrected chi connectivity index (χ2v) is 2.62. The Morgan fingerprint density at radius 2 is 2.27 bits per heavy atom. The van der Waals surface area contributed by atoms with Crippen LogP contribution in [-0.2, 0) is 6.42 Å². The number of anilines is 1. The number of aryl methyl sites for hydroxylation is 2. The third kappa shape index (κ3) is 1.70. The van der Waals surface area contributed by atoms with Gasteiger partial charge in [0.05, 0.1) is 0 Å². The molecule has 1 N–H and O–H groups in total. The maximum Gasteiger partial charge on any atom is 0.128 e. The topological polar surface area (TPSA) is 24.9 Å². The van der Waals surface area contributed by atoms with Crippen LogP contribution in [0, 0.1) is 6.92 Å². The molecule has 0 fully saturated rings. The molecule has 0 amide bonds. The zero-order valence-corrected chi connectivity index (χ0v) is 7.31. The Balaban J connectivity index is 3.06. The molecule has 0 aliphatic carbocycles. The molecule has 0 saturated heterocycles. The molecule has 11 heavy (non-hydrogen) atoms. The smallest absolute Gasteiger partial charge is 0.128 e. The van der Waals surface area contributed by atoms with Crippen molar-refractivity contribution in [3.05, 3.63) is 23.4 Å². The monoisotopic (exact) mass is 150 g/mol. The summed E-state index contributed by atoms with van der Waals surface area (Å²) in [5.74, 6) is 0.998. The van der Waals surface area contributed by atoms with Gasteiger partial charge in [0.2, 0.25) is 0 Å². The highest BCUT2D eigenvalue weighted by Crippen LogP contribution is 2.12. The van der Waals surface area contributed by atoms with Crippen LogP contribution in [-0.4, -0.2) is 12.0 Å². The number of nitrogens with one attached hydrogen (secondary N) is 1. The first-order valence-corrected chi connectivity index (χ1v) is 3.91. The van der Waals surface area contributed by atoms with Gasteiger partial charge in [-0.15, -0.1) is 0 Å². The molecule has 60 valence electrons. The zero-order valence-electron chi connectivity index (χ0n) is 7.31. The van der Waals surface area contributed by atoms with E-state index in [2.05, 4.69) is 30.2 Å². The summed E-state index contributed by atoms with van der Waals surface area (Å²) in [6.45, 7) is 4.20. The Kier molecular flexibility index (Phi) is 2.47. The molecule has 1 aromatic rings. The van der Waals surface area contributed by atoms with Gasteiger partial charge >= 0.3 is 0 Å². The van der Waals surface area contributed by atoms with Crippen molar-refractivity contribution in [1.82, 2.24) is 4.98 Å². The first-order valence-electron chi connectivity index (χ1n) is 3.91. The average molecular weight is 150 g/mol. The lowest BCUT2D eigenvalue weighted by Crippen LogP contribution is -1.97. The van der Waals surface area contributed by atoms with E-state index in [4.69, 9.17) is 0 Å². The molecule has 1 heterocycles. The highest BCUT2D eigenvalue weighted by Gasteiger charge is 1.98. The summed E-state index contributed by atoms with van der Waals surface area (Å²) in [6, 6.07) is 2.17. The van der Waals surface area contributed by atoms with Gasteiger partial charge in [0.1, 0.15) is 5.82 Å². The van der Waals surface area contributed by atoms with Crippen molar-refractivity contribution in [3.8, 4) is 0 Å². The van der Waals surface area contributed by atoms with Gasteiger partial charge in [-0.25, -0.2) is 4.98 Å². The first kappa shape index (κ1) is 8.05. The molecule has 0 aliphatic rings. The van der Waals surface area contributed by atoms with Crippen LogP contribution in [0.25, 0.3) is 0 Å². The van der Waals surface area contributed by atoms with Crippen molar-refractivity contribution in [2.24, 2.45) is 0 Å². The summed E-state index contributed by atoms with van der Waals surface area (Å²) in [5.41, 5.74) is 2.51. The standard InChI is InChI=1S/C9H14N2/c1-4-8-5-7(2)6-11-9(8)10-3/h5-6H,4H2,1-3H3,(H,10,11). The lowest BCUT2D eigenvalue weighted by atomic mass is 10.1. The van der Waals surface area contributed by atoms with Crippen LogP contribution in [0.4, 0.5) is 5.82 Å². The van der Waals surface area contributed by atoms with Crippen LogP contribution in [0.5, 0.6) is 0 Å². The van der Waals surface area contributed by atoms with Gasteiger partial charge < -0.3 is 5.32 Å². The van der Waals surface area contributed by atoms with Gasteiger partial charge in [-0.2, -0.15) is 0 Å². The molecule has 2 heteroatoms. The van der Waals surface area contributed by atoms with Crippen molar-refractivity contribution in [2.45, 2.75) is 20.3 Å². The Bertz CT molecular complexity index is 243. The van der Waals surface area contributed by atoms with E-state index >= 15 is 0 Å². The SMILES string of the molecule is CCc1cc(C)cnc1NC. The van der Waals surface area contributed by atoms with Crippen LogP contribution < -0.4 is 5.32 Å². The molecular formula is C9H14N2. The Morgan fingerprint density at radius 3 is 2.82 bits per heavy atom. The van der Waals surface area contributed by atoms with E-state index in [1.54, 1.807) is 0 Å². The number of aromatic nitrogens is 1. The van der Waals surface area contributed by atoms with Crippen molar-refractivity contribution < 1.29 is 0 Å². The molecule has 1 rings (SSSR count). The summed E-state index contributed by atoms with van der Waals surface area (Å²) in [4.78, 5) is 4.26. The number of hydrogen-bond donors (Lipinski definition) is 1. The molecule has 0 aromatic carbocycles. The minimum absolute atomic E-state index is 0.998. The molecule has 0 radical (unpaired) electrons. The van der Waals surface area contributed by atoms with E-state index < -0.39 is 0 Å². The predicted octanol–water partition coefficient (Wildman–Crippen LogP) is 1.99. The maximum atomic E-state index is 4.26. The van der Waals surface area contributed by atoms with Crippen LogP contribution >= 0.6 is 0 Å². The lowest BCUT2D eigenvalue weighted by Gasteiger charge is -2.05. The van der Waals surface area contributed by atoms with Crippen LogP contribution in [0.1, 0.15) is 18.1 Å². The number of hydrogen-bond acceptors (Lipinski definition) is 2. The third-order valence-corrected chi connectivity index (χ3v) is 1.72. The molecule has 0 aliphatic heterocycles. The van der Waals surface area contributed by atoms with E-state index in [1.807, 2.05) is 13.2 Å². The van der Waals surface area contributed by atoms with Crippen molar-refractivity contribution >= 4 is 5.82 Å². The first-order chi connectivity index (χ1) is 5.27. The van der Waals surface area contributed by atoms with Crippen molar-refractivity contribution in [2.75, 3.05) is 12.4 Å². The zero-order chi connectivity index (χ0) is 8.27. The van der Waals surface area contributed by atoms with E-state index in [1.165, 1.54) is 11.1 Å².